The average molecular weight is 517 g/mol. The summed E-state index contributed by atoms with van der Waals surface area (Å²) in [5, 5.41) is 18.0. The van der Waals surface area contributed by atoms with Gasteiger partial charge in [-0.2, -0.15) is 0 Å². The Hall–Kier alpha value is -4.59. The number of hydrogen-bond donors (Lipinski definition) is 3. The number of rotatable bonds is 4. The summed E-state index contributed by atoms with van der Waals surface area (Å²) < 4.78 is 5.22. The number of nitrogens with one attached hydrogen (secondary N) is 2. The molecule has 2 saturated heterocycles. The number of oxime groups is 1. The van der Waals surface area contributed by atoms with E-state index in [1.807, 2.05) is 4.90 Å². The Morgan fingerprint density at radius 2 is 2.11 bits per heavy atom. The maximum Gasteiger partial charge on any atom is 0.323 e. The fourth-order valence-corrected chi connectivity index (χ4v) is 5.06. The summed E-state index contributed by atoms with van der Waals surface area (Å²) in [7, 11) is 1.52. The molecule has 5 rings (SSSR count). The van der Waals surface area contributed by atoms with Crippen molar-refractivity contribution in [3.63, 3.8) is 0 Å². The second kappa shape index (κ2) is 10.0. The molecule has 3 aliphatic heterocycles. The minimum absolute atomic E-state index is 0.132. The van der Waals surface area contributed by atoms with Crippen LogP contribution in [0.5, 0.6) is 5.75 Å². The molecule has 2 fully saturated rings. The van der Waals surface area contributed by atoms with Gasteiger partial charge in [-0.1, -0.05) is 23.1 Å². The van der Waals surface area contributed by atoms with Crippen molar-refractivity contribution >= 4 is 23.7 Å². The summed E-state index contributed by atoms with van der Waals surface area (Å²) in [6.45, 7) is 3.02. The van der Waals surface area contributed by atoms with E-state index in [0.717, 1.165) is 31.4 Å². The van der Waals surface area contributed by atoms with Crippen LogP contribution in [0.1, 0.15) is 53.4 Å². The van der Waals surface area contributed by atoms with Gasteiger partial charge in [0.15, 0.2) is 5.84 Å². The number of likely N-dealkylation sites (tertiary alicyclic amines) is 1. The zero-order valence-electron chi connectivity index (χ0n) is 21.2. The predicted molar refractivity (Wildman–Crippen MR) is 137 cm³/mol. The number of urea groups is 1. The third-order valence-corrected chi connectivity index (χ3v) is 7.15. The highest BCUT2D eigenvalue weighted by molar-refractivity contribution is 6.10. The number of pyridine rings is 1. The Balaban J connectivity index is 1.38. The van der Waals surface area contributed by atoms with Gasteiger partial charge in [0.2, 0.25) is 5.54 Å². The summed E-state index contributed by atoms with van der Waals surface area (Å²) in [5.41, 5.74) is 0.656. The Kier molecular flexibility index (Phi) is 6.63. The number of carbonyl (C=O) groups excluding carboxylic acids is 3. The van der Waals surface area contributed by atoms with Crippen LogP contribution < -0.4 is 15.4 Å². The van der Waals surface area contributed by atoms with Crippen LogP contribution in [0.15, 0.2) is 41.7 Å². The van der Waals surface area contributed by atoms with Crippen molar-refractivity contribution in [2.24, 2.45) is 5.16 Å². The normalized spacial score (nSPS) is 22.9. The smallest absolute Gasteiger partial charge is 0.323 e. The molecule has 2 aromatic rings. The van der Waals surface area contributed by atoms with Gasteiger partial charge >= 0.3 is 6.03 Å². The van der Waals surface area contributed by atoms with E-state index < -0.39 is 17.5 Å². The molecule has 3 aliphatic rings. The van der Waals surface area contributed by atoms with Gasteiger partial charge in [-0.25, -0.2) is 4.79 Å². The summed E-state index contributed by atoms with van der Waals surface area (Å²) in [6, 6.07) is 8.20. The molecular formula is C27H28N6O5. The first-order chi connectivity index (χ1) is 18.3. The Morgan fingerprint density at radius 3 is 2.76 bits per heavy atom. The fourth-order valence-electron chi connectivity index (χ4n) is 5.06. The largest absolute Gasteiger partial charge is 0.497 e. The number of fused-ring (bicyclic) bond motifs is 1. The number of amides is 4. The van der Waals surface area contributed by atoms with Crippen LogP contribution in [-0.2, 0) is 11.3 Å². The van der Waals surface area contributed by atoms with E-state index in [1.165, 1.54) is 18.2 Å². The lowest BCUT2D eigenvalue weighted by atomic mass is 9.99. The minimum atomic E-state index is -1.63. The van der Waals surface area contributed by atoms with Crippen molar-refractivity contribution in [2.45, 2.75) is 44.3 Å². The number of ether oxygens (including phenoxy) is 1. The van der Waals surface area contributed by atoms with Gasteiger partial charge in [0.25, 0.3) is 11.8 Å². The number of nitrogens with zero attached hydrogens (tertiary/aromatic N) is 4. The number of methoxy groups -OCH3 is 1. The molecule has 0 aliphatic carbocycles. The molecule has 0 saturated carbocycles. The van der Waals surface area contributed by atoms with Crippen LogP contribution >= 0.6 is 0 Å². The SMILES string of the molecule is COc1ccc2c(c1)C(=O)N(C[C@@]1(C#Cc3ccc(C(=NO)N4CCCC[C@@H]4C)nc3)NC(=O)NC1=O)C2. The molecule has 4 heterocycles. The molecular weight excluding hydrogens is 488 g/mol. The molecule has 196 valence electrons. The maximum absolute atomic E-state index is 13.1. The number of imide groups is 1. The van der Waals surface area contributed by atoms with Gasteiger partial charge in [-0.3, -0.25) is 19.9 Å². The summed E-state index contributed by atoms with van der Waals surface area (Å²) in [5.74, 6) is 5.85. The van der Waals surface area contributed by atoms with E-state index in [0.29, 0.717) is 28.4 Å². The van der Waals surface area contributed by atoms with Crippen LogP contribution in [0.4, 0.5) is 4.79 Å². The lowest BCUT2D eigenvalue weighted by Gasteiger charge is -2.34. The number of piperidine rings is 1. The Labute approximate surface area is 219 Å². The number of amidine groups is 1. The molecule has 1 aromatic carbocycles. The lowest BCUT2D eigenvalue weighted by Crippen LogP contribution is -2.54. The minimum Gasteiger partial charge on any atom is -0.497 e. The summed E-state index contributed by atoms with van der Waals surface area (Å²) in [6.07, 6.45) is 4.68. The third-order valence-electron chi connectivity index (χ3n) is 7.15. The first kappa shape index (κ1) is 25.1. The van der Waals surface area contributed by atoms with E-state index in [1.54, 1.807) is 30.3 Å². The first-order valence-electron chi connectivity index (χ1n) is 12.4. The molecule has 4 amide bonds. The van der Waals surface area contributed by atoms with Crippen LogP contribution in [0.2, 0.25) is 0 Å². The number of benzene rings is 1. The van der Waals surface area contributed by atoms with Crippen LogP contribution in [-0.4, -0.2) is 75.5 Å². The molecule has 0 unspecified atom stereocenters. The fraction of sp³-hybridized carbons (Fsp3) is 0.370. The monoisotopic (exact) mass is 516 g/mol. The van der Waals surface area contributed by atoms with Crippen molar-refractivity contribution in [2.75, 3.05) is 20.2 Å². The third kappa shape index (κ3) is 4.61. The van der Waals surface area contributed by atoms with Crippen molar-refractivity contribution < 1.29 is 24.3 Å². The second-order valence-electron chi connectivity index (χ2n) is 9.64. The predicted octanol–water partition coefficient (Wildman–Crippen LogP) is 1.69. The van der Waals surface area contributed by atoms with Crippen LogP contribution in [0.3, 0.4) is 0 Å². The number of aromatic nitrogens is 1. The van der Waals surface area contributed by atoms with Crippen molar-refractivity contribution in [1.82, 2.24) is 25.4 Å². The zero-order chi connectivity index (χ0) is 26.9. The average Bonchev–Trinajstić information content (AvgIpc) is 3.38. The lowest BCUT2D eigenvalue weighted by molar-refractivity contribution is -0.122. The molecule has 0 radical (unpaired) electrons. The van der Waals surface area contributed by atoms with E-state index in [2.05, 4.69) is 39.5 Å². The van der Waals surface area contributed by atoms with E-state index >= 15 is 0 Å². The van der Waals surface area contributed by atoms with Crippen molar-refractivity contribution in [3.8, 4) is 17.6 Å². The highest BCUT2D eigenvalue weighted by Gasteiger charge is 2.48. The Morgan fingerprint density at radius 1 is 1.26 bits per heavy atom. The van der Waals surface area contributed by atoms with Gasteiger partial charge in [-0.05, 0) is 56.0 Å². The molecule has 0 spiro atoms. The van der Waals surface area contributed by atoms with Crippen molar-refractivity contribution in [3.05, 3.63) is 58.9 Å². The number of carbonyl (C=O) groups is 3. The molecule has 11 nitrogen and oxygen atoms in total. The van der Waals surface area contributed by atoms with Crippen molar-refractivity contribution in [1.29, 1.82) is 0 Å². The highest BCUT2D eigenvalue weighted by atomic mass is 16.5. The van der Waals surface area contributed by atoms with Gasteiger partial charge in [-0.15, -0.1) is 0 Å². The van der Waals surface area contributed by atoms with E-state index in [9.17, 15) is 19.6 Å². The standard InChI is InChI=1S/C27H28N6O5/c1-17-5-3-4-12-33(17)23(31-37)22-9-6-18(14-28-22)10-11-27(25(35)29-26(36)30-27)16-32-15-19-7-8-20(38-2)13-21(19)24(32)34/h6-9,13-14,17,37H,3-5,12,15-16H2,1-2H3,(H2,29,30,35,36)/t17-,27+/m0/s1. The molecule has 2 atom stereocenters. The van der Waals surface area contributed by atoms with Gasteiger partial charge < -0.3 is 25.1 Å². The molecule has 11 heteroatoms. The first-order valence-corrected chi connectivity index (χ1v) is 12.4. The van der Waals surface area contributed by atoms with Gasteiger partial charge in [0.05, 0.1) is 13.7 Å². The van der Waals surface area contributed by atoms with E-state index in [4.69, 9.17) is 4.74 Å². The molecule has 38 heavy (non-hydrogen) atoms. The van der Waals surface area contributed by atoms with E-state index in [-0.39, 0.29) is 25.0 Å². The van der Waals surface area contributed by atoms with Crippen LogP contribution in [0, 0.1) is 11.8 Å². The zero-order valence-corrected chi connectivity index (χ0v) is 21.2. The maximum atomic E-state index is 13.1. The molecule has 3 N–H and O–H groups in total. The topological polar surface area (TPSA) is 136 Å². The number of hydrogen-bond acceptors (Lipinski definition) is 7. The molecule has 0 bridgehead atoms. The van der Waals surface area contributed by atoms with Gasteiger partial charge in [0, 0.05) is 36.5 Å². The Bertz CT molecular complexity index is 1380. The summed E-state index contributed by atoms with van der Waals surface area (Å²) in [4.78, 5) is 46.0. The molecule has 1 aromatic heterocycles. The quantitative estimate of drug-likeness (QED) is 0.140. The highest BCUT2D eigenvalue weighted by Crippen LogP contribution is 2.28. The summed E-state index contributed by atoms with van der Waals surface area (Å²) >= 11 is 0. The second-order valence-corrected chi connectivity index (χ2v) is 9.64. The van der Waals surface area contributed by atoms with Crippen LogP contribution in [0.25, 0.3) is 0 Å². The van der Waals surface area contributed by atoms with Gasteiger partial charge in [0.1, 0.15) is 11.4 Å².